The SMILES string of the molecule is O.O.O=P([O-])([O-])OCC1OC(COP(=O)([O-])[O-])C(O)C1O.[Ba+2].[Ba+2]. The summed E-state index contributed by atoms with van der Waals surface area (Å²) in [5.74, 6) is 0. The fourth-order valence-corrected chi connectivity index (χ4v) is 2.09. The fourth-order valence-electron chi connectivity index (χ4n) is 1.43. The minimum atomic E-state index is -5.27. The van der Waals surface area contributed by atoms with E-state index in [0.717, 1.165) is 0 Å². The summed E-state index contributed by atoms with van der Waals surface area (Å²) in [7, 11) is -10.5. The van der Waals surface area contributed by atoms with E-state index in [4.69, 9.17) is 4.74 Å². The molecule has 130 valence electrons. The van der Waals surface area contributed by atoms with Crippen LogP contribution in [0.2, 0.25) is 0 Å². The molecule has 1 aliphatic heterocycles. The molecule has 0 amide bonds. The molecule has 1 saturated heterocycles. The number of ether oxygens (including phenoxy) is 1. The molecule has 0 aliphatic carbocycles. The maximum absolute atomic E-state index is 10.2. The van der Waals surface area contributed by atoms with Crippen LogP contribution < -0.4 is 19.6 Å². The summed E-state index contributed by atoms with van der Waals surface area (Å²) in [6.07, 6.45) is -6.01. The number of aliphatic hydroxyl groups is 2. The van der Waals surface area contributed by atoms with Gasteiger partial charge in [-0.2, -0.15) is 0 Å². The van der Waals surface area contributed by atoms with Crippen LogP contribution in [0.5, 0.6) is 0 Å². The predicted molar refractivity (Wildman–Crippen MR) is 66.5 cm³/mol. The van der Waals surface area contributed by atoms with Gasteiger partial charge in [0.05, 0.1) is 28.9 Å². The van der Waals surface area contributed by atoms with Crippen molar-refractivity contribution in [3.8, 4) is 0 Å². The van der Waals surface area contributed by atoms with Crippen LogP contribution in [-0.2, 0) is 22.9 Å². The second-order valence-corrected chi connectivity index (χ2v) is 5.99. The van der Waals surface area contributed by atoms with Crippen molar-refractivity contribution in [2.45, 2.75) is 24.4 Å². The van der Waals surface area contributed by atoms with Crippen molar-refractivity contribution in [3.05, 3.63) is 0 Å². The quantitative estimate of drug-likeness (QED) is 0.206. The molecule has 0 saturated carbocycles. The summed E-state index contributed by atoms with van der Waals surface area (Å²) in [6.45, 7) is -1.71. The van der Waals surface area contributed by atoms with Gasteiger partial charge in [0.15, 0.2) is 0 Å². The van der Waals surface area contributed by atoms with Gasteiger partial charge in [-0.25, -0.2) is 0 Å². The Labute approximate surface area is 211 Å². The summed E-state index contributed by atoms with van der Waals surface area (Å²) in [4.78, 5) is 40.9. The van der Waals surface area contributed by atoms with Crippen molar-refractivity contribution in [2.24, 2.45) is 0 Å². The second kappa shape index (κ2) is 14.2. The van der Waals surface area contributed by atoms with Crippen LogP contribution >= 0.6 is 15.6 Å². The van der Waals surface area contributed by atoms with Crippen LogP contribution in [0, 0.1) is 0 Å². The second-order valence-electron chi connectivity index (χ2n) is 3.68. The third-order valence-electron chi connectivity index (χ3n) is 2.26. The average Bonchev–Trinajstić information content (AvgIpc) is 2.49. The van der Waals surface area contributed by atoms with Gasteiger partial charge >= 0.3 is 97.8 Å². The minimum absolute atomic E-state index is 0. The van der Waals surface area contributed by atoms with Crippen LogP contribution in [0.1, 0.15) is 0 Å². The number of rotatable bonds is 6. The molecular weight excluding hydrogens is 617 g/mol. The van der Waals surface area contributed by atoms with E-state index in [1.165, 1.54) is 0 Å². The third-order valence-corrected chi connectivity index (χ3v) is 3.19. The summed E-state index contributed by atoms with van der Waals surface area (Å²) < 4.78 is 33.0. The van der Waals surface area contributed by atoms with Crippen LogP contribution in [-0.4, -0.2) is 157 Å². The molecule has 4 unspecified atom stereocenters. The molecule has 6 N–H and O–H groups in total. The maximum atomic E-state index is 10.2. The van der Waals surface area contributed by atoms with Crippen LogP contribution in [0.25, 0.3) is 0 Å². The Morgan fingerprint density at radius 3 is 1.30 bits per heavy atom. The first kappa shape index (κ1) is 33.7. The predicted octanol–water partition coefficient (Wildman–Crippen LogP) is -7.24. The zero-order valence-electron chi connectivity index (χ0n) is 11.6. The van der Waals surface area contributed by atoms with Gasteiger partial charge in [-0.15, -0.1) is 0 Å². The average molecular weight is 631 g/mol. The number of aliphatic hydroxyl groups excluding tert-OH is 2. The van der Waals surface area contributed by atoms with E-state index in [-0.39, 0.29) is 109 Å². The number of hydrogen-bond donors (Lipinski definition) is 2. The van der Waals surface area contributed by atoms with Gasteiger partial charge < -0.3 is 63.7 Å². The molecule has 1 heterocycles. The monoisotopic (exact) mass is 632 g/mol. The van der Waals surface area contributed by atoms with Gasteiger partial charge in [0, 0.05) is 0 Å². The third kappa shape index (κ3) is 13.9. The van der Waals surface area contributed by atoms with Gasteiger partial charge in [-0.3, -0.25) is 0 Å². The smallest absolute Gasteiger partial charge is 0.790 e. The van der Waals surface area contributed by atoms with Crippen molar-refractivity contribution >= 4 is 113 Å². The van der Waals surface area contributed by atoms with Gasteiger partial charge in [-0.1, -0.05) is 0 Å². The molecule has 13 nitrogen and oxygen atoms in total. The summed E-state index contributed by atoms with van der Waals surface area (Å²) in [5, 5.41) is 18.8. The molecule has 4 atom stereocenters. The van der Waals surface area contributed by atoms with E-state index >= 15 is 0 Å². The topological polar surface area (TPSA) is 258 Å². The van der Waals surface area contributed by atoms with Crippen LogP contribution in [0.15, 0.2) is 0 Å². The first-order valence-electron chi connectivity index (χ1n) is 4.84. The Bertz CT molecular complexity index is 362. The molecule has 17 heteroatoms. The molecule has 0 aromatic rings. The molecule has 0 radical (unpaired) electrons. The van der Waals surface area contributed by atoms with Crippen molar-refractivity contribution in [3.63, 3.8) is 0 Å². The Kier molecular flexibility index (Phi) is 20.8. The van der Waals surface area contributed by atoms with Crippen molar-refractivity contribution in [2.75, 3.05) is 13.2 Å². The molecule has 0 aromatic carbocycles. The normalized spacial score (nSPS) is 27.0. The summed E-state index contributed by atoms with van der Waals surface area (Å²) >= 11 is 0. The Morgan fingerprint density at radius 2 is 1.09 bits per heavy atom. The van der Waals surface area contributed by atoms with E-state index in [2.05, 4.69) is 9.05 Å². The Morgan fingerprint density at radius 1 is 0.826 bits per heavy atom. The molecule has 1 rings (SSSR count). The Balaban J connectivity index is -0.000000451. The zero-order chi connectivity index (χ0) is 14.8. The number of phosphoric ester groups is 2. The van der Waals surface area contributed by atoms with Gasteiger partial charge in [-0.05, 0) is 0 Å². The first-order chi connectivity index (χ1) is 8.49. The van der Waals surface area contributed by atoms with Crippen LogP contribution in [0.3, 0.4) is 0 Å². The number of phosphoric acid groups is 2. The van der Waals surface area contributed by atoms with E-state index in [0.29, 0.717) is 0 Å². The molecule has 0 aromatic heterocycles. The fraction of sp³-hybridized carbons (Fsp3) is 1.00. The van der Waals surface area contributed by atoms with E-state index < -0.39 is 53.3 Å². The van der Waals surface area contributed by atoms with Crippen molar-refractivity contribution < 1.29 is 63.7 Å². The standard InChI is InChI=1S/C6H14O11P2.2Ba.2H2O/c7-5-3(1-15-18(9,10)11)17-4(6(5)8)2-16-19(12,13)14;;;;/h3-8H,1-2H2,(H2,9,10,11)(H2,12,13,14);;;2*1H2/q;2*+2;;/p-4. The Hall–Kier alpha value is 3.16. The van der Waals surface area contributed by atoms with Crippen LogP contribution in [0.4, 0.5) is 0 Å². The maximum Gasteiger partial charge on any atom is 2.00 e. The van der Waals surface area contributed by atoms with Gasteiger partial charge in [0.1, 0.15) is 24.4 Å². The first-order valence-corrected chi connectivity index (χ1v) is 7.76. The molecular formula is C6H14Ba2O13P2. The summed E-state index contributed by atoms with van der Waals surface area (Å²) in [6, 6.07) is 0. The molecule has 23 heavy (non-hydrogen) atoms. The van der Waals surface area contributed by atoms with Gasteiger partial charge in [0.2, 0.25) is 0 Å². The van der Waals surface area contributed by atoms with E-state index in [1.807, 2.05) is 0 Å². The molecule has 0 spiro atoms. The van der Waals surface area contributed by atoms with E-state index in [9.17, 15) is 38.9 Å². The van der Waals surface area contributed by atoms with E-state index in [1.54, 1.807) is 0 Å². The molecule has 1 fully saturated rings. The molecule has 0 bridgehead atoms. The number of hydrogen-bond acceptors (Lipinski definition) is 11. The summed E-state index contributed by atoms with van der Waals surface area (Å²) in [5.41, 5.74) is 0. The van der Waals surface area contributed by atoms with Gasteiger partial charge in [0.25, 0.3) is 0 Å². The minimum Gasteiger partial charge on any atom is -0.790 e. The largest absolute Gasteiger partial charge is 2.00 e. The molecule has 1 aliphatic rings. The zero-order valence-corrected chi connectivity index (χ0v) is 22.3. The van der Waals surface area contributed by atoms with Crippen molar-refractivity contribution in [1.29, 1.82) is 0 Å². The van der Waals surface area contributed by atoms with Crippen molar-refractivity contribution in [1.82, 2.24) is 0 Å².